The maximum absolute atomic E-state index is 13.9. The molecule has 1 heterocycles. The van der Waals surface area contributed by atoms with Crippen molar-refractivity contribution >= 4 is 0 Å². The van der Waals surface area contributed by atoms with E-state index < -0.39 is 5.82 Å². The van der Waals surface area contributed by atoms with Gasteiger partial charge in [0.2, 0.25) is 0 Å². The van der Waals surface area contributed by atoms with Crippen LogP contribution in [0.2, 0.25) is 0 Å². The third kappa shape index (κ3) is 2.87. The Morgan fingerprint density at radius 1 is 1.17 bits per heavy atom. The summed E-state index contributed by atoms with van der Waals surface area (Å²) >= 11 is 0. The average Bonchev–Trinajstić information content (AvgIpc) is 2.35. The van der Waals surface area contributed by atoms with Gasteiger partial charge >= 0.3 is 0 Å². The molecule has 1 aliphatic heterocycles. The van der Waals surface area contributed by atoms with Crippen molar-refractivity contribution in [3.63, 3.8) is 0 Å². The average molecular weight is 254 g/mol. The van der Waals surface area contributed by atoms with E-state index in [1.807, 2.05) is 6.92 Å². The number of halogens is 2. The first-order chi connectivity index (χ1) is 8.59. The fourth-order valence-electron chi connectivity index (χ4n) is 2.75. The zero-order chi connectivity index (χ0) is 13.1. The van der Waals surface area contributed by atoms with E-state index in [1.54, 1.807) is 0 Å². The lowest BCUT2D eigenvalue weighted by Crippen LogP contribution is -2.42. The molecule has 0 amide bonds. The first-order valence-electron chi connectivity index (χ1n) is 6.54. The lowest BCUT2D eigenvalue weighted by molar-refractivity contribution is 0.143. The van der Waals surface area contributed by atoms with Gasteiger partial charge in [0, 0.05) is 11.6 Å². The number of piperidine rings is 1. The standard InChI is InChI=1S/C14H20F2N2/c1-10(17)14(18-7-3-2-4-8-18)12-9-11(15)5-6-13(12)16/h5-6,9-10,14H,2-4,7-8,17H2,1H3. The number of nitrogens with zero attached hydrogens (tertiary/aromatic N) is 1. The van der Waals surface area contributed by atoms with Gasteiger partial charge in [0.05, 0.1) is 6.04 Å². The molecule has 4 heteroatoms. The smallest absolute Gasteiger partial charge is 0.128 e. The van der Waals surface area contributed by atoms with Crippen molar-refractivity contribution in [2.45, 2.75) is 38.3 Å². The molecule has 1 aromatic carbocycles. The van der Waals surface area contributed by atoms with Crippen LogP contribution in [0.15, 0.2) is 18.2 Å². The summed E-state index contributed by atoms with van der Waals surface area (Å²) in [5.41, 5.74) is 6.37. The Morgan fingerprint density at radius 3 is 2.44 bits per heavy atom. The van der Waals surface area contributed by atoms with E-state index in [0.29, 0.717) is 5.56 Å². The first-order valence-corrected chi connectivity index (χ1v) is 6.54. The monoisotopic (exact) mass is 254 g/mol. The Morgan fingerprint density at radius 2 is 1.83 bits per heavy atom. The number of hydrogen-bond acceptors (Lipinski definition) is 2. The molecule has 1 aromatic rings. The quantitative estimate of drug-likeness (QED) is 0.898. The molecule has 2 atom stereocenters. The molecular weight excluding hydrogens is 234 g/mol. The SMILES string of the molecule is CC(N)C(c1cc(F)ccc1F)N1CCCCC1. The van der Waals surface area contributed by atoms with Crippen LogP contribution in [-0.4, -0.2) is 24.0 Å². The third-order valence-electron chi connectivity index (χ3n) is 3.56. The maximum atomic E-state index is 13.9. The molecule has 0 radical (unpaired) electrons. The summed E-state index contributed by atoms with van der Waals surface area (Å²) in [6.07, 6.45) is 3.40. The molecule has 0 spiro atoms. The molecule has 1 fully saturated rings. The lowest BCUT2D eigenvalue weighted by Gasteiger charge is -2.37. The van der Waals surface area contributed by atoms with Crippen molar-refractivity contribution < 1.29 is 8.78 Å². The number of hydrogen-bond donors (Lipinski definition) is 1. The van der Waals surface area contributed by atoms with Crippen LogP contribution in [0.25, 0.3) is 0 Å². The zero-order valence-corrected chi connectivity index (χ0v) is 10.7. The largest absolute Gasteiger partial charge is 0.326 e. The fourth-order valence-corrected chi connectivity index (χ4v) is 2.75. The molecule has 0 aliphatic carbocycles. The molecule has 1 saturated heterocycles. The van der Waals surface area contributed by atoms with Gasteiger partial charge in [-0.3, -0.25) is 4.90 Å². The van der Waals surface area contributed by atoms with Crippen LogP contribution in [0.4, 0.5) is 8.78 Å². The summed E-state index contributed by atoms with van der Waals surface area (Å²) in [5.74, 6) is -0.779. The molecule has 0 bridgehead atoms. The van der Waals surface area contributed by atoms with Gasteiger partial charge in [-0.2, -0.15) is 0 Å². The second-order valence-corrected chi connectivity index (χ2v) is 5.07. The highest BCUT2D eigenvalue weighted by Gasteiger charge is 2.27. The first kappa shape index (κ1) is 13.4. The van der Waals surface area contributed by atoms with Crippen LogP contribution in [-0.2, 0) is 0 Å². The summed E-state index contributed by atoms with van der Waals surface area (Å²) in [5, 5.41) is 0. The summed E-state index contributed by atoms with van der Waals surface area (Å²) in [7, 11) is 0. The van der Waals surface area contributed by atoms with Gasteiger partial charge in [0.1, 0.15) is 11.6 Å². The van der Waals surface area contributed by atoms with Gasteiger partial charge in [0.25, 0.3) is 0 Å². The Bertz CT molecular complexity index is 401. The van der Waals surface area contributed by atoms with Crippen LogP contribution in [0, 0.1) is 11.6 Å². The maximum Gasteiger partial charge on any atom is 0.128 e. The lowest BCUT2D eigenvalue weighted by atomic mass is 9.96. The van der Waals surface area contributed by atoms with Crippen molar-refractivity contribution in [2.75, 3.05) is 13.1 Å². The molecule has 1 aliphatic rings. The summed E-state index contributed by atoms with van der Waals surface area (Å²) in [6.45, 7) is 3.66. The van der Waals surface area contributed by atoms with E-state index in [1.165, 1.54) is 18.6 Å². The van der Waals surface area contributed by atoms with Gasteiger partial charge in [-0.05, 0) is 51.1 Å². The number of nitrogens with two attached hydrogens (primary N) is 1. The number of benzene rings is 1. The predicted octanol–water partition coefficient (Wildman–Crippen LogP) is 2.84. The minimum absolute atomic E-state index is 0.223. The Kier molecular flexibility index (Phi) is 4.30. The van der Waals surface area contributed by atoms with Crippen molar-refractivity contribution in [2.24, 2.45) is 5.73 Å². The Balaban J connectivity index is 2.31. The van der Waals surface area contributed by atoms with Crippen molar-refractivity contribution in [3.05, 3.63) is 35.4 Å². The summed E-state index contributed by atoms with van der Waals surface area (Å²) < 4.78 is 27.2. The van der Waals surface area contributed by atoms with Crippen molar-refractivity contribution in [1.82, 2.24) is 4.90 Å². The minimum atomic E-state index is -0.408. The molecule has 100 valence electrons. The zero-order valence-electron chi connectivity index (χ0n) is 10.7. The van der Waals surface area contributed by atoms with E-state index >= 15 is 0 Å². The Hall–Kier alpha value is -1.00. The normalized spacial score (nSPS) is 20.7. The number of rotatable bonds is 3. The minimum Gasteiger partial charge on any atom is -0.326 e. The van der Waals surface area contributed by atoms with E-state index in [9.17, 15) is 8.78 Å². The molecule has 2 nitrogen and oxygen atoms in total. The molecule has 0 aromatic heterocycles. The van der Waals surface area contributed by atoms with Gasteiger partial charge in [-0.15, -0.1) is 0 Å². The van der Waals surface area contributed by atoms with Crippen LogP contribution < -0.4 is 5.73 Å². The molecule has 18 heavy (non-hydrogen) atoms. The van der Waals surface area contributed by atoms with Crippen molar-refractivity contribution in [3.8, 4) is 0 Å². The van der Waals surface area contributed by atoms with E-state index in [2.05, 4.69) is 4.90 Å². The highest BCUT2D eigenvalue weighted by Crippen LogP contribution is 2.29. The van der Waals surface area contributed by atoms with E-state index in [-0.39, 0.29) is 17.9 Å². The summed E-state index contributed by atoms with van der Waals surface area (Å²) in [4.78, 5) is 2.17. The topological polar surface area (TPSA) is 29.3 Å². The molecule has 2 N–H and O–H groups in total. The van der Waals surface area contributed by atoms with Crippen LogP contribution in [0.3, 0.4) is 0 Å². The van der Waals surface area contributed by atoms with Crippen LogP contribution in [0.5, 0.6) is 0 Å². The molecule has 2 unspecified atom stereocenters. The van der Waals surface area contributed by atoms with Crippen LogP contribution >= 0.6 is 0 Å². The highest BCUT2D eigenvalue weighted by atomic mass is 19.1. The van der Waals surface area contributed by atoms with E-state index in [4.69, 9.17) is 5.73 Å². The second kappa shape index (κ2) is 5.76. The Labute approximate surface area is 107 Å². The van der Waals surface area contributed by atoms with Crippen molar-refractivity contribution in [1.29, 1.82) is 0 Å². The van der Waals surface area contributed by atoms with Gasteiger partial charge in [0.15, 0.2) is 0 Å². The molecular formula is C14H20F2N2. The van der Waals surface area contributed by atoms with Gasteiger partial charge in [-0.25, -0.2) is 8.78 Å². The van der Waals surface area contributed by atoms with Gasteiger partial charge in [-0.1, -0.05) is 6.42 Å². The third-order valence-corrected chi connectivity index (χ3v) is 3.56. The predicted molar refractivity (Wildman–Crippen MR) is 68.2 cm³/mol. The van der Waals surface area contributed by atoms with Gasteiger partial charge < -0.3 is 5.73 Å². The summed E-state index contributed by atoms with van der Waals surface area (Å²) in [6, 6.07) is 3.15. The highest BCUT2D eigenvalue weighted by molar-refractivity contribution is 5.24. The van der Waals surface area contributed by atoms with E-state index in [0.717, 1.165) is 32.0 Å². The molecule has 0 saturated carbocycles. The fraction of sp³-hybridized carbons (Fsp3) is 0.571. The number of likely N-dealkylation sites (tertiary alicyclic amines) is 1. The molecule has 2 rings (SSSR count). The van der Waals surface area contributed by atoms with Crippen LogP contribution in [0.1, 0.15) is 37.8 Å². The second-order valence-electron chi connectivity index (χ2n) is 5.07.